The zero-order chi connectivity index (χ0) is 11.7. The summed E-state index contributed by atoms with van der Waals surface area (Å²) in [5.74, 6) is -1.05. The quantitative estimate of drug-likeness (QED) is 0.610. The molecule has 2 aromatic rings. The maximum atomic E-state index is 10.8. The van der Waals surface area contributed by atoms with Crippen molar-refractivity contribution in [1.82, 2.24) is 4.98 Å². The number of nitrogens with one attached hydrogen (secondary N) is 1. The molecule has 0 fully saturated rings. The third-order valence-corrected chi connectivity index (χ3v) is 3.16. The van der Waals surface area contributed by atoms with Crippen LogP contribution in [-0.2, 0) is 4.79 Å². The van der Waals surface area contributed by atoms with E-state index in [9.17, 15) is 4.79 Å². The lowest BCUT2D eigenvalue weighted by atomic mass is 10.1. The van der Waals surface area contributed by atoms with E-state index in [-0.39, 0.29) is 0 Å². The number of aromatic amines is 1. The average Bonchev–Trinajstić information content (AvgIpc) is 2.70. The standard InChI is InChI=1S/C11H12N2O2S/c12-9(11(14)15)10(16)7-5-13-8-4-2-1-3-6(7)8/h1-5,9-10,13,16H,12H2,(H,14,15). The Morgan fingerprint density at radius 3 is 2.81 bits per heavy atom. The fourth-order valence-corrected chi connectivity index (χ4v) is 2.01. The summed E-state index contributed by atoms with van der Waals surface area (Å²) < 4.78 is 0. The highest BCUT2D eigenvalue weighted by Gasteiger charge is 2.24. The van der Waals surface area contributed by atoms with E-state index in [2.05, 4.69) is 17.6 Å². The summed E-state index contributed by atoms with van der Waals surface area (Å²) in [6.45, 7) is 0. The highest BCUT2D eigenvalue weighted by atomic mass is 32.1. The molecule has 0 spiro atoms. The lowest BCUT2D eigenvalue weighted by Crippen LogP contribution is -2.34. The molecule has 0 saturated carbocycles. The molecular formula is C11H12N2O2S. The summed E-state index contributed by atoms with van der Waals surface area (Å²) >= 11 is 4.27. The van der Waals surface area contributed by atoms with Gasteiger partial charge in [0.25, 0.3) is 0 Å². The predicted octanol–water partition coefficient (Wildman–Crippen LogP) is 1.55. The molecule has 0 saturated heterocycles. The van der Waals surface area contributed by atoms with Crippen LogP contribution in [0.4, 0.5) is 0 Å². The van der Waals surface area contributed by atoms with E-state index in [1.165, 1.54) is 0 Å². The van der Waals surface area contributed by atoms with E-state index in [0.717, 1.165) is 16.5 Å². The molecule has 2 unspecified atom stereocenters. The Labute approximate surface area is 97.9 Å². The van der Waals surface area contributed by atoms with E-state index >= 15 is 0 Å². The molecule has 0 amide bonds. The van der Waals surface area contributed by atoms with E-state index in [0.29, 0.717) is 0 Å². The van der Waals surface area contributed by atoms with Crippen molar-refractivity contribution in [1.29, 1.82) is 0 Å². The first kappa shape index (κ1) is 11.0. The smallest absolute Gasteiger partial charge is 0.321 e. The third-order valence-electron chi connectivity index (χ3n) is 2.57. The van der Waals surface area contributed by atoms with Gasteiger partial charge in [-0.05, 0) is 11.6 Å². The molecule has 1 aromatic carbocycles. The van der Waals surface area contributed by atoms with Gasteiger partial charge in [-0.15, -0.1) is 0 Å². The Balaban J connectivity index is 2.44. The zero-order valence-electron chi connectivity index (χ0n) is 8.42. The number of carbonyl (C=O) groups is 1. The van der Waals surface area contributed by atoms with Gasteiger partial charge in [-0.2, -0.15) is 12.6 Å². The summed E-state index contributed by atoms with van der Waals surface area (Å²) in [4.78, 5) is 13.9. The maximum Gasteiger partial charge on any atom is 0.321 e. The normalized spacial score (nSPS) is 14.9. The van der Waals surface area contributed by atoms with Crippen molar-refractivity contribution < 1.29 is 9.90 Å². The van der Waals surface area contributed by atoms with Crippen molar-refractivity contribution in [3.8, 4) is 0 Å². The molecule has 2 rings (SSSR count). The summed E-state index contributed by atoms with van der Waals surface area (Å²) in [5.41, 5.74) is 7.32. The van der Waals surface area contributed by atoms with Gasteiger partial charge in [0.1, 0.15) is 6.04 Å². The molecule has 16 heavy (non-hydrogen) atoms. The van der Waals surface area contributed by atoms with Crippen LogP contribution >= 0.6 is 12.6 Å². The first-order valence-corrected chi connectivity index (χ1v) is 5.35. The number of carboxylic acids is 1. The Morgan fingerprint density at radius 1 is 1.44 bits per heavy atom. The number of hydrogen-bond donors (Lipinski definition) is 4. The topological polar surface area (TPSA) is 79.1 Å². The van der Waals surface area contributed by atoms with Crippen LogP contribution in [0, 0.1) is 0 Å². The number of aliphatic carboxylic acids is 1. The molecule has 4 N–H and O–H groups in total. The van der Waals surface area contributed by atoms with E-state index in [1.807, 2.05) is 24.3 Å². The fourth-order valence-electron chi connectivity index (χ4n) is 1.67. The molecule has 0 aliphatic carbocycles. The van der Waals surface area contributed by atoms with Crippen molar-refractivity contribution >= 4 is 29.5 Å². The Morgan fingerprint density at radius 2 is 2.12 bits per heavy atom. The molecule has 0 bridgehead atoms. The summed E-state index contributed by atoms with van der Waals surface area (Å²) in [5, 5.41) is 9.28. The Bertz CT molecular complexity index is 523. The van der Waals surface area contributed by atoms with Gasteiger partial charge in [-0.3, -0.25) is 4.79 Å². The minimum absolute atomic E-state index is 0.520. The molecule has 2 atom stereocenters. The minimum Gasteiger partial charge on any atom is -0.480 e. The van der Waals surface area contributed by atoms with Gasteiger partial charge in [0.2, 0.25) is 0 Å². The third kappa shape index (κ3) is 1.79. The minimum atomic E-state index is -1.05. The lowest BCUT2D eigenvalue weighted by molar-refractivity contribution is -0.138. The summed E-state index contributed by atoms with van der Waals surface area (Å²) in [6, 6.07) is 6.63. The van der Waals surface area contributed by atoms with Crippen molar-refractivity contribution in [3.05, 3.63) is 36.0 Å². The number of rotatable bonds is 3. The first-order chi connectivity index (χ1) is 7.61. The summed E-state index contributed by atoms with van der Waals surface area (Å²) in [7, 11) is 0. The molecule has 5 heteroatoms. The lowest BCUT2D eigenvalue weighted by Gasteiger charge is -2.14. The number of para-hydroxylation sites is 1. The van der Waals surface area contributed by atoms with Crippen LogP contribution in [0.25, 0.3) is 10.9 Å². The molecule has 0 radical (unpaired) electrons. The van der Waals surface area contributed by atoms with Crippen LogP contribution in [0.15, 0.2) is 30.5 Å². The molecule has 1 heterocycles. The zero-order valence-corrected chi connectivity index (χ0v) is 9.32. The molecular weight excluding hydrogens is 224 g/mol. The highest BCUT2D eigenvalue weighted by Crippen LogP contribution is 2.29. The largest absolute Gasteiger partial charge is 0.480 e. The highest BCUT2D eigenvalue weighted by molar-refractivity contribution is 7.80. The second-order valence-corrected chi connectivity index (χ2v) is 4.15. The molecule has 0 aliphatic heterocycles. The number of aromatic nitrogens is 1. The van der Waals surface area contributed by atoms with Gasteiger partial charge in [0.05, 0.1) is 5.25 Å². The second kappa shape index (κ2) is 4.19. The fraction of sp³-hybridized carbons (Fsp3) is 0.182. The maximum absolute atomic E-state index is 10.8. The van der Waals surface area contributed by atoms with E-state index in [4.69, 9.17) is 10.8 Å². The SMILES string of the molecule is NC(C(=O)O)C(S)c1c[nH]c2ccccc12. The molecule has 1 aromatic heterocycles. The van der Waals surface area contributed by atoms with Crippen molar-refractivity contribution in [2.75, 3.05) is 0 Å². The van der Waals surface area contributed by atoms with Gasteiger partial charge < -0.3 is 15.8 Å². The van der Waals surface area contributed by atoms with Gasteiger partial charge in [-0.1, -0.05) is 18.2 Å². The van der Waals surface area contributed by atoms with Crippen LogP contribution in [-0.4, -0.2) is 22.1 Å². The predicted molar refractivity (Wildman–Crippen MR) is 65.6 cm³/mol. The molecule has 0 aliphatic rings. The van der Waals surface area contributed by atoms with Gasteiger partial charge >= 0.3 is 5.97 Å². The second-order valence-electron chi connectivity index (χ2n) is 3.60. The summed E-state index contributed by atoms with van der Waals surface area (Å²) in [6.07, 6.45) is 1.76. The average molecular weight is 236 g/mol. The Hall–Kier alpha value is -1.46. The molecule has 4 nitrogen and oxygen atoms in total. The number of H-pyrrole nitrogens is 1. The van der Waals surface area contributed by atoms with Crippen LogP contribution in [0.3, 0.4) is 0 Å². The van der Waals surface area contributed by atoms with Crippen molar-refractivity contribution in [3.63, 3.8) is 0 Å². The van der Waals surface area contributed by atoms with Gasteiger partial charge in [0, 0.05) is 17.1 Å². The van der Waals surface area contributed by atoms with E-state index < -0.39 is 17.3 Å². The number of hydrogen-bond acceptors (Lipinski definition) is 3. The van der Waals surface area contributed by atoms with Crippen LogP contribution in [0.5, 0.6) is 0 Å². The number of benzene rings is 1. The van der Waals surface area contributed by atoms with Gasteiger partial charge in [-0.25, -0.2) is 0 Å². The van der Waals surface area contributed by atoms with Crippen LogP contribution < -0.4 is 5.73 Å². The van der Waals surface area contributed by atoms with E-state index in [1.54, 1.807) is 6.20 Å². The number of fused-ring (bicyclic) bond motifs is 1. The molecule has 84 valence electrons. The van der Waals surface area contributed by atoms with Crippen LogP contribution in [0.2, 0.25) is 0 Å². The Kier molecular flexibility index (Phi) is 2.89. The van der Waals surface area contributed by atoms with Crippen LogP contribution in [0.1, 0.15) is 10.8 Å². The van der Waals surface area contributed by atoms with Crippen molar-refractivity contribution in [2.45, 2.75) is 11.3 Å². The van der Waals surface area contributed by atoms with Gasteiger partial charge in [0.15, 0.2) is 0 Å². The number of carboxylic acid groups (broad SMARTS) is 1. The monoisotopic (exact) mass is 236 g/mol. The first-order valence-electron chi connectivity index (χ1n) is 4.83. The number of thiol groups is 1. The van der Waals surface area contributed by atoms with Crippen molar-refractivity contribution in [2.24, 2.45) is 5.73 Å². The number of nitrogens with two attached hydrogens (primary N) is 1.